The first kappa shape index (κ1) is 18.0. The van der Waals surface area contributed by atoms with E-state index in [2.05, 4.69) is 10.1 Å². The van der Waals surface area contributed by atoms with E-state index in [1.807, 2.05) is 19.1 Å². The van der Waals surface area contributed by atoms with Crippen molar-refractivity contribution in [2.45, 2.75) is 50.4 Å². The summed E-state index contributed by atoms with van der Waals surface area (Å²) in [4.78, 5) is 16.0. The van der Waals surface area contributed by atoms with E-state index < -0.39 is 11.8 Å². The van der Waals surface area contributed by atoms with E-state index in [0.717, 1.165) is 24.1 Å². The lowest BCUT2D eigenvalue weighted by molar-refractivity contribution is -0.0859. The quantitative estimate of drug-likeness (QED) is 0.809. The zero-order valence-corrected chi connectivity index (χ0v) is 15.3. The third-order valence-corrected chi connectivity index (χ3v) is 5.13. The summed E-state index contributed by atoms with van der Waals surface area (Å²) in [6, 6.07) is 3.82. The first-order valence-electron chi connectivity index (χ1n) is 9.21. The summed E-state index contributed by atoms with van der Waals surface area (Å²) >= 11 is 0. The summed E-state index contributed by atoms with van der Waals surface area (Å²) in [6.07, 6.45) is 3.46. The molecule has 2 N–H and O–H groups in total. The minimum atomic E-state index is -0.649. The summed E-state index contributed by atoms with van der Waals surface area (Å²) in [5.74, 6) is 0.427. The molecule has 2 aromatic heterocycles. The molecular formula is C18H24N4O5. The topological polar surface area (TPSA) is 110 Å². The predicted octanol–water partition coefficient (Wildman–Crippen LogP) is 2.25. The van der Waals surface area contributed by atoms with Crippen molar-refractivity contribution in [3.05, 3.63) is 24.2 Å². The molecule has 146 valence electrons. The molecule has 0 bridgehead atoms. The highest BCUT2D eigenvalue weighted by Gasteiger charge is 2.39. The van der Waals surface area contributed by atoms with Crippen molar-refractivity contribution >= 4 is 17.5 Å². The van der Waals surface area contributed by atoms with Gasteiger partial charge in [0, 0.05) is 12.8 Å². The van der Waals surface area contributed by atoms with Crippen LogP contribution in [0.3, 0.4) is 0 Å². The maximum atomic E-state index is 12.0. The van der Waals surface area contributed by atoms with Crippen LogP contribution >= 0.6 is 0 Å². The van der Waals surface area contributed by atoms with Crippen LogP contribution < -0.4 is 5.73 Å². The van der Waals surface area contributed by atoms with Gasteiger partial charge in [-0.05, 0) is 31.9 Å². The van der Waals surface area contributed by atoms with E-state index in [4.69, 9.17) is 24.7 Å². The normalized spacial score (nSPS) is 26.3. The molecule has 0 aliphatic carbocycles. The van der Waals surface area contributed by atoms with Crippen LogP contribution in [0.4, 0.5) is 10.6 Å². The Hall–Kier alpha value is -2.39. The van der Waals surface area contributed by atoms with Crippen LogP contribution in [0.25, 0.3) is 5.52 Å². The number of carbonyl (C=O) groups is 1. The first-order chi connectivity index (χ1) is 13.0. The zero-order valence-electron chi connectivity index (χ0n) is 15.3. The fourth-order valence-electron chi connectivity index (χ4n) is 3.60. The van der Waals surface area contributed by atoms with Crippen molar-refractivity contribution < 1.29 is 23.7 Å². The minimum absolute atomic E-state index is 0.131. The number of aromatic nitrogens is 3. The standard InChI is InChI=1S/C18H24N4O5/c1-18(10-25-17(23)26-12-5-8-24-9-6-12)7-4-15(27-18)13-2-3-14-16(19)20-11-21-22(13)14/h2-3,11-12,15H,4-10H2,1H3,(H2,19,20,21)/t15-,18+/m1/s1. The Kier molecular flexibility index (Phi) is 4.88. The number of ether oxygens (including phenoxy) is 4. The summed E-state index contributed by atoms with van der Waals surface area (Å²) in [5.41, 5.74) is 6.98. The molecular weight excluding hydrogens is 352 g/mol. The average Bonchev–Trinajstić information content (AvgIpc) is 3.26. The number of nitrogens with two attached hydrogens (primary N) is 1. The molecule has 2 fully saturated rings. The van der Waals surface area contributed by atoms with Crippen LogP contribution in [0.1, 0.15) is 44.4 Å². The molecule has 2 saturated heterocycles. The van der Waals surface area contributed by atoms with Crippen LogP contribution in [-0.2, 0) is 18.9 Å². The Morgan fingerprint density at radius 3 is 3.00 bits per heavy atom. The van der Waals surface area contributed by atoms with Crippen molar-refractivity contribution in [1.29, 1.82) is 0 Å². The third kappa shape index (κ3) is 3.84. The molecule has 0 saturated carbocycles. The molecule has 0 spiro atoms. The molecule has 9 heteroatoms. The van der Waals surface area contributed by atoms with Gasteiger partial charge in [-0.3, -0.25) is 0 Å². The van der Waals surface area contributed by atoms with Crippen LogP contribution in [0.2, 0.25) is 0 Å². The number of hydrogen-bond donors (Lipinski definition) is 1. The maximum absolute atomic E-state index is 12.0. The minimum Gasteiger partial charge on any atom is -0.431 e. The van der Waals surface area contributed by atoms with E-state index in [9.17, 15) is 4.79 Å². The van der Waals surface area contributed by atoms with E-state index >= 15 is 0 Å². The van der Waals surface area contributed by atoms with Gasteiger partial charge in [0.05, 0.1) is 18.9 Å². The molecule has 0 radical (unpaired) electrons. The lowest BCUT2D eigenvalue weighted by atomic mass is 10.0. The molecule has 2 atom stereocenters. The van der Waals surface area contributed by atoms with Crippen LogP contribution in [0.15, 0.2) is 18.5 Å². The molecule has 2 aliphatic heterocycles. The highest BCUT2D eigenvalue weighted by Crippen LogP contribution is 2.40. The second-order valence-electron chi connectivity index (χ2n) is 7.26. The average molecular weight is 376 g/mol. The van der Waals surface area contributed by atoms with Gasteiger partial charge >= 0.3 is 6.16 Å². The molecule has 2 aromatic rings. The van der Waals surface area contributed by atoms with Gasteiger partial charge < -0.3 is 24.7 Å². The number of fused-ring (bicyclic) bond motifs is 1. The van der Waals surface area contributed by atoms with Gasteiger partial charge in [0.1, 0.15) is 36.3 Å². The smallest absolute Gasteiger partial charge is 0.431 e. The first-order valence-corrected chi connectivity index (χ1v) is 9.21. The Morgan fingerprint density at radius 2 is 2.19 bits per heavy atom. The fourth-order valence-corrected chi connectivity index (χ4v) is 3.60. The number of anilines is 1. The molecule has 9 nitrogen and oxygen atoms in total. The number of rotatable bonds is 4. The largest absolute Gasteiger partial charge is 0.508 e. The van der Waals surface area contributed by atoms with E-state index in [1.54, 1.807) is 4.52 Å². The van der Waals surface area contributed by atoms with Gasteiger partial charge in [0.25, 0.3) is 0 Å². The molecule has 27 heavy (non-hydrogen) atoms. The lowest BCUT2D eigenvalue weighted by Crippen LogP contribution is -2.33. The molecule has 4 rings (SSSR count). The summed E-state index contributed by atoms with van der Waals surface area (Å²) in [6.45, 7) is 3.31. The van der Waals surface area contributed by atoms with E-state index in [1.165, 1.54) is 6.33 Å². The molecule has 4 heterocycles. The van der Waals surface area contributed by atoms with Gasteiger partial charge in [-0.25, -0.2) is 14.3 Å². The molecule has 0 unspecified atom stereocenters. The van der Waals surface area contributed by atoms with Crippen LogP contribution in [-0.4, -0.2) is 52.3 Å². The lowest BCUT2D eigenvalue weighted by Gasteiger charge is -2.26. The highest BCUT2D eigenvalue weighted by atomic mass is 16.7. The monoisotopic (exact) mass is 376 g/mol. The Labute approximate surface area is 156 Å². The SMILES string of the molecule is C[C@@]1(COC(=O)OC2CCOCC2)CC[C@H](c2ccc3c(N)ncnn23)O1. The van der Waals surface area contributed by atoms with E-state index in [-0.39, 0.29) is 18.8 Å². The van der Waals surface area contributed by atoms with Gasteiger partial charge in [-0.1, -0.05) is 0 Å². The van der Waals surface area contributed by atoms with Gasteiger partial charge in [-0.2, -0.15) is 5.10 Å². The van der Waals surface area contributed by atoms with Crippen molar-refractivity contribution in [2.24, 2.45) is 0 Å². The third-order valence-electron chi connectivity index (χ3n) is 5.13. The van der Waals surface area contributed by atoms with Gasteiger partial charge in [0.2, 0.25) is 0 Å². The van der Waals surface area contributed by atoms with Crippen molar-refractivity contribution in [2.75, 3.05) is 25.6 Å². The van der Waals surface area contributed by atoms with Gasteiger partial charge in [-0.15, -0.1) is 0 Å². The van der Waals surface area contributed by atoms with Crippen molar-refractivity contribution in [1.82, 2.24) is 14.6 Å². The second-order valence-corrected chi connectivity index (χ2v) is 7.26. The number of hydrogen-bond acceptors (Lipinski definition) is 8. The van der Waals surface area contributed by atoms with Crippen molar-refractivity contribution in [3.63, 3.8) is 0 Å². The Morgan fingerprint density at radius 1 is 1.37 bits per heavy atom. The summed E-state index contributed by atoms with van der Waals surface area (Å²) < 4.78 is 23.9. The van der Waals surface area contributed by atoms with Crippen molar-refractivity contribution in [3.8, 4) is 0 Å². The van der Waals surface area contributed by atoms with E-state index in [0.29, 0.717) is 31.9 Å². The Balaban J connectivity index is 1.35. The fraction of sp³-hybridized carbons (Fsp3) is 0.611. The highest BCUT2D eigenvalue weighted by molar-refractivity contribution is 5.65. The molecule has 2 aliphatic rings. The zero-order chi connectivity index (χ0) is 18.9. The second kappa shape index (κ2) is 7.32. The molecule has 0 aromatic carbocycles. The van der Waals surface area contributed by atoms with Crippen LogP contribution in [0.5, 0.6) is 0 Å². The predicted molar refractivity (Wildman–Crippen MR) is 95.1 cm³/mol. The summed E-state index contributed by atoms with van der Waals surface area (Å²) in [7, 11) is 0. The van der Waals surface area contributed by atoms with Crippen LogP contribution in [0, 0.1) is 0 Å². The maximum Gasteiger partial charge on any atom is 0.508 e. The number of carbonyl (C=O) groups excluding carboxylic acids is 1. The summed E-state index contributed by atoms with van der Waals surface area (Å²) in [5, 5.41) is 4.26. The number of nitrogens with zero attached hydrogens (tertiary/aromatic N) is 3. The van der Waals surface area contributed by atoms with Gasteiger partial charge in [0.15, 0.2) is 5.82 Å². The Bertz CT molecular complexity index is 819. The number of nitrogen functional groups attached to an aromatic ring is 1. The molecule has 0 amide bonds.